The van der Waals surface area contributed by atoms with E-state index in [2.05, 4.69) is 29.1 Å². The molecule has 1 heterocycles. The summed E-state index contributed by atoms with van der Waals surface area (Å²) in [6.07, 6.45) is 2.05. The minimum absolute atomic E-state index is 0.106. The third kappa shape index (κ3) is 3.13. The first kappa shape index (κ1) is 11.8. The van der Waals surface area contributed by atoms with Crippen LogP contribution in [0.2, 0.25) is 0 Å². The van der Waals surface area contributed by atoms with Gasteiger partial charge < -0.3 is 4.90 Å². The van der Waals surface area contributed by atoms with Crippen molar-refractivity contribution in [2.45, 2.75) is 20.3 Å². The zero-order valence-electron chi connectivity index (χ0n) is 9.60. The van der Waals surface area contributed by atoms with Gasteiger partial charge in [0.15, 0.2) is 5.78 Å². The Morgan fingerprint density at radius 1 is 1.47 bits per heavy atom. The number of aromatic nitrogens is 3. The number of ketones is 1. The molecule has 0 aromatic carbocycles. The molecule has 15 heavy (non-hydrogen) atoms. The van der Waals surface area contributed by atoms with E-state index in [1.54, 1.807) is 7.05 Å². The number of hydrogen-bond acceptors (Lipinski definition) is 4. The summed E-state index contributed by atoms with van der Waals surface area (Å²) in [4.78, 5) is 14.0. The van der Waals surface area contributed by atoms with Crippen molar-refractivity contribution in [1.29, 1.82) is 0 Å². The Morgan fingerprint density at radius 3 is 2.60 bits per heavy atom. The quantitative estimate of drug-likeness (QED) is 0.649. The molecule has 0 fully saturated rings. The Hall–Kier alpha value is -1.23. The lowest BCUT2D eigenvalue weighted by atomic mass is 10.2. The van der Waals surface area contributed by atoms with Gasteiger partial charge in [-0.2, -0.15) is 0 Å². The van der Waals surface area contributed by atoms with Crippen LogP contribution in [-0.4, -0.2) is 45.3 Å². The average Bonchev–Trinajstić information content (AvgIpc) is 2.66. The molecule has 1 aromatic rings. The number of Topliss-reactive ketones (excluding diaryl/α,β-unsaturated/α-hetero) is 1. The minimum Gasteiger partial charge on any atom is -0.303 e. The van der Waals surface area contributed by atoms with Crippen molar-refractivity contribution in [3.63, 3.8) is 0 Å². The van der Waals surface area contributed by atoms with Gasteiger partial charge in [-0.05, 0) is 13.1 Å². The number of nitrogens with zero attached hydrogens (tertiary/aromatic N) is 4. The second-order valence-corrected chi connectivity index (χ2v) is 3.44. The van der Waals surface area contributed by atoms with E-state index in [-0.39, 0.29) is 5.78 Å². The molecule has 0 saturated carbocycles. The Balaban J connectivity index is 2.47. The molecular formula is C10H18N4O. The molecule has 0 spiro atoms. The van der Waals surface area contributed by atoms with Crippen LogP contribution in [0.4, 0.5) is 0 Å². The van der Waals surface area contributed by atoms with Gasteiger partial charge in [-0.15, -0.1) is 5.10 Å². The number of carbonyl (C=O) groups excluding carboxylic acids is 1. The van der Waals surface area contributed by atoms with Crippen LogP contribution >= 0.6 is 0 Å². The lowest BCUT2D eigenvalue weighted by molar-refractivity contribution is 0.0957. The normalized spacial score (nSPS) is 10.9. The van der Waals surface area contributed by atoms with Gasteiger partial charge in [-0.25, -0.2) is 4.68 Å². The Kier molecular flexibility index (Phi) is 4.42. The smallest absolute Gasteiger partial charge is 0.183 e. The third-order valence-corrected chi connectivity index (χ3v) is 2.55. The molecular weight excluding hydrogens is 192 g/mol. The summed E-state index contributed by atoms with van der Waals surface area (Å²) < 4.78 is 1.52. The summed E-state index contributed by atoms with van der Waals surface area (Å²) in [6, 6.07) is 0. The zero-order valence-corrected chi connectivity index (χ0v) is 9.60. The van der Waals surface area contributed by atoms with Crippen LogP contribution in [0.5, 0.6) is 0 Å². The third-order valence-electron chi connectivity index (χ3n) is 2.55. The zero-order chi connectivity index (χ0) is 11.3. The van der Waals surface area contributed by atoms with E-state index in [9.17, 15) is 4.79 Å². The summed E-state index contributed by atoms with van der Waals surface area (Å²) in [5, 5.41) is 7.43. The highest BCUT2D eigenvalue weighted by Gasteiger charge is 2.11. The molecule has 5 nitrogen and oxygen atoms in total. The molecule has 5 heteroatoms. The van der Waals surface area contributed by atoms with Gasteiger partial charge in [-0.1, -0.05) is 19.1 Å². The average molecular weight is 210 g/mol. The van der Waals surface area contributed by atoms with Gasteiger partial charge in [0.2, 0.25) is 0 Å². The van der Waals surface area contributed by atoms with Gasteiger partial charge in [0, 0.05) is 20.0 Å². The number of hydrogen-bond donors (Lipinski definition) is 0. The fourth-order valence-electron chi connectivity index (χ4n) is 1.47. The van der Waals surface area contributed by atoms with E-state index >= 15 is 0 Å². The second kappa shape index (κ2) is 5.60. The Labute approximate surface area is 90.1 Å². The molecule has 0 radical (unpaired) electrons. The van der Waals surface area contributed by atoms with E-state index in [4.69, 9.17) is 0 Å². The monoisotopic (exact) mass is 210 g/mol. The predicted molar refractivity (Wildman–Crippen MR) is 57.7 cm³/mol. The summed E-state index contributed by atoms with van der Waals surface area (Å²) in [5.74, 6) is 0.106. The van der Waals surface area contributed by atoms with Crippen molar-refractivity contribution in [1.82, 2.24) is 19.9 Å². The van der Waals surface area contributed by atoms with Gasteiger partial charge >= 0.3 is 0 Å². The first-order valence-corrected chi connectivity index (χ1v) is 5.29. The van der Waals surface area contributed by atoms with Crippen LogP contribution in [-0.2, 0) is 7.05 Å². The Morgan fingerprint density at radius 2 is 2.13 bits per heavy atom. The fourth-order valence-corrected chi connectivity index (χ4v) is 1.47. The van der Waals surface area contributed by atoms with Crippen molar-refractivity contribution >= 4 is 5.78 Å². The topological polar surface area (TPSA) is 51.0 Å². The summed E-state index contributed by atoms with van der Waals surface area (Å²) in [5.41, 5.74) is 0.585. The first-order valence-electron chi connectivity index (χ1n) is 5.29. The van der Waals surface area contributed by atoms with Gasteiger partial charge in [0.05, 0.1) is 6.20 Å². The van der Waals surface area contributed by atoms with E-state index in [1.807, 2.05) is 0 Å². The highest BCUT2D eigenvalue weighted by molar-refractivity contribution is 5.94. The molecule has 0 atom stereocenters. The minimum atomic E-state index is 0.106. The molecule has 0 N–H and O–H groups in total. The summed E-state index contributed by atoms with van der Waals surface area (Å²) in [7, 11) is 1.73. The number of aryl methyl sites for hydroxylation is 1. The van der Waals surface area contributed by atoms with Gasteiger partial charge in [-0.3, -0.25) is 4.79 Å². The molecule has 0 unspecified atom stereocenters. The van der Waals surface area contributed by atoms with Crippen LogP contribution in [0.1, 0.15) is 30.8 Å². The van der Waals surface area contributed by atoms with Crippen LogP contribution in [0.15, 0.2) is 6.20 Å². The molecule has 0 aliphatic heterocycles. The van der Waals surface area contributed by atoms with Crippen LogP contribution in [0.3, 0.4) is 0 Å². The molecule has 0 amide bonds. The Bertz CT molecular complexity index is 317. The van der Waals surface area contributed by atoms with Crippen molar-refractivity contribution in [2.24, 2.45) is 7.05 Å². The molecule has 0 bridgehead atoms. The largest absolute Gasteiger partial charge is 0.303 e. The lowest BCUT2D eigenvalue weighted by Crippen LogP contribution is -2.26. The maximum Gasteiger partial charge on any atom is 0.183 e. The molecule has 0 aliphatic rings. The molecule has 84 valence electrons. The highest BCUT2D eigenvalue weighted by Crippen LogP contribution is 2.01. The van der Waals surface area contributed by atoms with Gasteiger partial charge in [0.1, 0.15) is 5.69 Å². The first-order chi connectivity index (χ1) is 7.19. The van der Waals surface area contributed by atoms with Crippen molar-refractivity contribution in [2.75, 3.05) is 19.6 Å². The maximum atomic E-state index is 11.7. The number of rotatable bonds is 6. The molecule has 1 aromatic heterocycles. The molecule has 1 rings (SSSR count). The van der Waals surface area contributed by atoms with E-state index in [1.165, 1.54) is 10.9 Å². The highest BCUT2D eigenvalue weighted by atomic mass is 16.1. The maximum absolute atomic E-state index is 11.7. The summed E-state index contributed by atoms with van der Waals surface area (Å²) in [6.45, 7) is 6.96. The second-order valence-electron chi connectivity index (χ2n) is 3.44. The van der Waals surface area contributed by atoms with Crippen molar-refractivity contribution in [3.05, 3.63) is 11.9 Å². The summed E-state index contributed by atoms with van der Waals surface area (Å²) >= 11 is 0. The van der Waals surface area contributed by atoms with E-state index in [0.717, 1.165) is 19.6 Å². The van der Waals surface area contributed by atoms with E-state index in [0.29, 0.717) is 12.1 Å². The van der Waals surface area contributed by atoms with Crippen molar-refractivity contribution < 1.29 is 4.79 Å². The van der Waals surface area contributed by atoms with Gasteiger partial charge in [0.25, 0.3) is 0 Å². The van der Waals surface area contributed by atoms with Crippen molar-refractivity contribution in [3.8, 4) is 0 Å². The molecule has 0 saturated heterocycles. The number of carbonyl (C=O) groups is 1. The van der Waals surface area contributed by atoms with Crippen LogP contribution in [0.25, 0.3) is 0 Å². The van der Waals surface area contributed by atoms with Crippen LogP contribution < -0.4 is 0 Å². The van der Waals surface area contributed by atoms with Crippen LogP contribution in [0, 0.1) is 0 Å². The fraction of sp³-hybridized carbons (Fsp3) is 0.700. The van der Waals surface area contributed by atoms with E-state index < -0.39 is 0 Å². The molecule has 0 aliphatic carbocycles. The lowest BCUT2D eigenvalue weighted by Gasteiger charge is -2.16. The standard InChI is InChI=1S/C10H18N4O/c1-4-14(5-2)7-6-10(15)9-8-11-12-13(9)3/h8H,4-7H2,1-3H3. The predicted octanol–water partition coefficient (Wildman–Crippen LogP) is 0.730. The SMILES string of the molecule is CCN(CC)CCC(=O)c1cnnn1C.